The van der Waals surface area contributed by atoms with Gasteiger partial charge in [-0.2, -0.15) is 0 Å². The third-order valence-electron chi connectivity index (χ3n) is 0.201. The minimum atomic E-state index is 1.21. The number of aliphatic imine (C=N–C) groups is 1. The Morgan fingerprint density at radius 3 is 2.67 bits per heavy atom. The van der Waals surface area contributed by atoms with Crippen molar-refractivity contribution in [3.8, 4) is 0 Å². The van der Waals surface area contributed by atoms with Gasteiger partial charge in [0.1, 0.15) is 0 Å². The van der Waals surface area contributed by atoms with E-state index < -0.39 is 0 Å². The van der Waals surface area contributed by atoms with Crippen LogP contribution in [0.25, 0.3) is 0 Å². The molecule has 0 N–H and O–H groups in total. The van der Waals surface area contributed by atoms with Gasteiger partial charge in [-0.05, 0) is 0 Å². The Bertz CT molecular complexity index is 116. The number of nitrogens with zero attached hydrogens (tertiary/aromatic N) is 1. The van der Waals surface area contributed by atoms with Crippen LogP contribution in [0.4, 0.5) is 0 Å². The first-order valence-electron chi connectivity index (χ1n) is 1.34. The van der Waals surface area contributed by atoms with Crippen LogP contribution in [0, 0.1) is 0 Å². The van der Waals surface area contributed by atoms with Crippen LogP contribution in [0.1, 0.15) is 0 Å². The lowest BCUT2D eigenvalue weighted by Crippen LogP contribution is -1.46. The highest BCUT2D eigenvalue weighted by Crippen LogP contribution is 1.52. The number of hydrogen-bond donors (Lipinski definition) is 0. The van der Waals surface area contributed by atoms with Crippen molar-refractivity contribution in [2.45, 2.75) is 0 Å². The van der Waals surface area contributed by atoms with E-state index in [1.54, 1.807) is 0 Å². The predicted molar refractivity (Wildman–Crippen MR) is 23.3 cm³/mol. The van der Waals surface area contributed by atoms with Crippen LogP contribution in [0.15, 0.2) is 17.8 Å². The van der Waals surface area contributed by atoms with Gasteiger partial charge in [0, 0.05) is 6.20 Å². The predicted octanol–water partition coefficient (Wildman–Crippen LogP) is 0.187. The molecule has 0 aliphatic rings. The molecule has 0 aromatic rings. The first-order valence-corrected chi connectivity index (χ1v) is 1.34. The van der Waals surface area contributed by atoms with Gasteiger partial charge in [-0.3, -0.25) is 0 Å². The van der Waals surface area contributed by atoms with Crippen molar-refractivity contribution in [2.24, 2.45) is 4.99 Å². The van der Waals surface area contributed by atoms with E-state index in [9.17, 15) is 4.79 Å². The fraction of sp³-hybridized carbons (Fsp3) is 0. The van der Waals surface area contributed by atoms with Gasteiger partial charge in [-0.1, -0.05) is 6.58 Å². The van der Waals surface area contributed by atoms with E-state index in [1.807, 2.05) is 5.87 Å². The Morgan fingerprint density at radius 2 is 2.50 bits per heavy atom. The zero-order chi connectivity index (χ0) is 4.83. The van der Waals surface area contributed by atoms with E-state index in [0.29, 0.717) is 0 Å². The number of hydrogen-bond acceptors (Lipinski definition) is 2. The Labute approximate surface area is 35.5 Å². The fourth-order valence-electron chi connectivity index (χ4n) is 0.0720. The zero-order valence-electron chi connectivity index (χ0n) is 3.14. The highest BCUT2D eigenvalue weighted by molar-refractivity contribution is 5.85. The first-order chi connectivity index (χ1) is 2.91. The largest absolute Gasteiger partial charge is 0.222 e. The molecular weight excluding hydrogens is 78.0 g/mol. The molecule has 0 saturated heterocycles. The van der Waals surface area contributed by atoms with Crippen LogP contribution in [-0.4, -0.2) is 11.8 Å². The monoisotopic (exact) mass is 81.0 g/mol. The highest BCUT2D eigenvalue weighted by Gasteiger charge is 1.41. The maximum atomic E-state index is 9.19. The molecule has 0 radical (unpaired) electrons. The smallest absolute Gasteiger partial charge is 0.197 e. The molecule has 2 heteroatoms. The normalized spacial score (nSPS) is 4.67. The highest BCUT2D eigenvalue weighted by atomic mass is 16.1. The summed E-state index contributed by atoms with van der Waals surface area (Å²) >= 11 is 0. The molecule has 0 unspecified atom stereocenters. The first kappa shape index (κ1) is 4.90. The summed E-state index contributed by atoms with van der Waals surface area (Å²) < 4.78 is 0. The number of carbonyl (C=O) groups excluding carboxylic acids is 1. The average Bonchev–Trinajstić information content (AvgIpc) is 1.61. The molecule has 6 heavy (non-hydrogen) atoms. The van der Waals surface area contributed by atoms with Crippen LogP contribution in [0.2, 0.25) is 0 Å². The van der Waals surface area contributed by atoms with Gasteiger partial charge in [0.2, 0.25) is 0 Å². The Kier molecular flexibility index (Phi) is 3.19. The average molecular weight is 81.1 g/mol. The molecule has 2 nitrogen and oxygen atoms in total. The summed E-state index contributed by atoms with van der Waals surface area (Å²) in [5, 5.41) is 0. The van der Waals surface area contributed by atoms with E-state index in [4.69, 9.17) is 0 Å². The van der Waals surface area contributed by atoms with Crippen molar-refractivity contribution in [1.82, 2.24) is 0 Å². The van der Waals surface area contributed by atoms with Gasteiger partial charge < -0.3 is 0 Å². The molecule has 0 amide bonds. The molecule has 0 aromatic carbocycles. The number of rotatable bonds is 1. The summed E-state index contributed by atoms with van der Waals surface area (Å²) in [7, 11) is 0. The van der Waals surface area contributed by atoms with Gasteiger partial charge in [0.25, 0.3) is 0 Å². The summed E-state index contributed by atoms with van der Waals surface area (Å²) in [6, 6.07) is 0. The van der Waals surface area contributed by atoms with E-state index in [0.717, 1.165) is 0 Å². The minimum Gasteiger partial charge on any atom is -0.222 e. The SMILES string of the molecule is C=CN=C=C=O. The molecule has 0 saturated carbocycles. The molecule has 0 aliphatic heterocycles. The van der Waals surface area contributed by atoms with Crippen molar-refractivity contribution >= 4 is 11.8 Å². The van der Waals surface area contributed by atoms with Crippen molar-refractivity contribution in [3.63, 3.8) is 0 Å². The van der Waals surface area contributed by atoms with Crippen molar-refractivity contribution < 1.29 is 4.79 Å². The lowest BCUT2D eigenvalue weighted by atomic mass is 11.0. The summed E-state index contributed by atoms with van der Waals surface area (Å²) in [5.41, 5.74) is 0. The van der Waals surface area contributed by atoms with Gasteiger partial charge >= 0.3 is 0 Å². The maximum Gasteiger partial charge on any atom is 0.197 e. The Hall–Kier alpha value is -1.10. The van der Waals surface area contributed by atoms with Gasteiger partial charge in [0.05, 0.1) is 5.87 Å². The molecule has 0 fully saturated rings. The third-order valence-corrected chi connectivity index (χ3v) is 0.201. The molecule has 0 heterocycles. The van der Waals surface area contributed by atoms with E-state index in [2.05, 4.69) is 11.6 Å². The Balaban J connectivity index is 3.79. The molecular formula is C4H3NO. The maximum absolute atomic E-state index is 9.19. The van der Waals surface area contributed by atoms with Gasteiger partial charge in [-0.15, -0.1) is 0 Å². The molecule has 0 aromatic heterocycles. The van der Waals surface area contributed by atoms with Crippen molar-refractivity contribution in [2.75, 3.05) is 0 Å². The lowest BCUT2D eigenvalue weighted by molar-refractivity contribution is 0.571. The topological polar surface area (TPSA) is 29.4 Å². The summed E-state index contributed by atoms with van der Waals surface area (Å²) in [4.78, 5) is 12.4. The summed E-state index contributed by atoms with van der Waals surface area (Å²) in [5.74, 6) is 3.23. The van der Waals surface area contributed by atoms with Crippen LogP contribution in [0.3, 0.4) is 0 Å². The second-order valence-electron chi connectivity index (χ2n) is 0.526. The van der Waals surface area contributed by atoms with E-state index in [-0.39, 0.29) is 0 Å². The second kappa shape index (κ2) is 3.90. The fourth-order valence-corrected chi connectivity index (χ4v) is 0.0720. The van der Waals surface area contributed by atoms with Crippen LogP contribution in [-0.2, 0) is 4.79 Å². The Morgan fingerprint density at radius 1 is 1.83 bits per heavy atom. The minimum absolute atomic E-state index is 1.21. The van der Waals surface area contributed by atoms with Gasteiger partial charge in [-0.25, -0.2) is 9.79 Å². The third kappa shape index (κ3) is 2.90. The lowest BCUT2D eigenvalue weighted by Gasteiger charge is -1.49. The molecule has 0 aliphatic carbocycles. The van der Waals surface area contributed by atoms with Gasteiger partial charge in [0.15, 0.2) is 5.94 Å². The molecule has 0 rings (SSSR count). The molecule has 0 bridgehead atoms. The standard InChI is InChI=1S/C4H3NO/c1-2-5-3-4-6/h2H,1H2. The van der Waals surface area contributed by atoms with Crippen molar-refractivity contribution in [1.29, 1.82) is 0 Å². The summed E-state index contributed by atoms with van der Waals surface area (Å²) in [6.45, 7) is 3.19. The van der Waals surface area contributed by atoms with E-state index >= 15 is 0 Å². The molecule has 0 spiro atoms. The van der Waals surface area contributed by atoms with Crippen LogP contribution in [0.5, 0.6) is 0 Å². The van der Waals surface area contributed by atoms with E-state index in [1.165, 1.54) is 12.1 Å². The molecule has 30 valence electrons. The van der Waals surface area contributed by atoms with Crippen LogP contribution < -0.4 is 0 Å². The quantitative estimate of drug-likeness (QED) is 0.327. The summed E-state index contributed by atoms with van der Waals surface area (Å²) in [6.07, 6.45) is 1.21. The van der Waals surface area contributed by atoms with Crippen LogP contribution >= 0.6 is 0 Å². The second-order valence-corrected chi connectivity index (χ2v) is 0.526. The zero-order valence-corrected chi connectivity index (χ0v) is 3.14. The molecule has 0 atom stereocenters. The van der Waals surface area contributed by atoms with Crippen molar-refractivity contribution in [3.05, 3.63) is 12.8 Å².